The minimum Gasteiger partial charge on any atom is -0.497 e. The number of hydrogen-bond donors (Lipinski definition) is 3. The van der Waals surface area contributed by atoms with Crippen molar-refractivity contribution in [2.45, 2.75) is 37.8 Å². The molecular weight excluding hydrogens is 539 g/mol. The van der Waals surface area contributed by atoms with Gasteiger partial charge in [-0.25, -0.2) is 18.9 Å². The molecule has 1 saturated carbocycles. The van der Waals surface area contributed by atoms with E-state index in [9.17, 15) is 14.3 Å². The number of allylic oxidation sites excluding steroid dienone is 2. The third kappa shape index (κ3) is 4.69. The van der Waals surface area contributed by atoms with Gasteiger partial charge in [0.2, 0.25) is 0 Å². The van der Waals surface area contributed by atoms with E-state index in [4.69, 9.17) is 9.84 Å². The number of aliphatic hydroxyl groups excluding tert-OH is 1. The van der Waals surface area contributed by atoms with Crippen molar-refractivity contribution in [3.63, 3.8) is 0 Å². The first-order valence-corrected chi connectivity index (χ1v) is 13.8. The molecule has 3 N–H and O–H groups in total. The van der Waals surface area contributed by atoms with Crippen LogP contribution in [0.1, 0.15) is 28.0 Å². The fraction of sp³-hybridized carbons (Fsp3) is 0.267. The Morgan fingerprint density at radius 3 is 2.76 bits per heavy atom. The number of nitrogens with zero attached hydrogens (tertiary/aromatic N) is 6. The summed E-state index contributed by atoms with van der Waals surface area (Å²) in [7, 11) is 1.64. The number of alkyl halides is 1. The van der Waals surface area contributed by atoms with E-state index in [1.807, 2.05) is 48.5 Å². The monoisotopic (exact) mass is 568 g/mol. The first-order chi connectivity index (χ1) is 20.5. The van der Waals surface area contributed by atoms with Crippen molar-refractivity contribution < 1.29 is 19.0 Å². The third-order valence-electron chi connectivity index (χ3n) is 7.70. The molecule has 0 saturated heterocycles. The molecule has 1 aromatic carbocycles. The zero-order chi connectivity index (χ0) is 28.8. The third-order valence-corrected chi connectivity index (χ3v) is 7.70. The van der Waals surface area contributed by atoms with Gasteiger partial charge in [-0.1, -0.05) is 18.2 Å². The van der Waals surface area contributed by atoms with Gasteiger partial charge in [0.05, 0.1) is 30.7 Å². The van der Waals surface area contributed by atoms with Gasteiger partial charge in [-0.2, -0.15) is 0 Å². The van der Waals surface area contributed by atoms with Gasteiger partial charge in [-0.05, 0) is 48.4 Å². The highest BCUT2D eigenvalue weighted by Gasteiger charge is 2.39. The van der Waals surface area contributed by atoms with Gasteiger partial charge in [0, 0.05) is 37.5 Å². The Labute approximate surface area is 240 Å². The summed E-state index contributed by atoms with van der Waals surface area (Å²) in [5.41, 5.74) is 4.09. The van der Waals surface area contributed by atoms with Crippen molar-refractivity contribution in [2.24, 2.45) is 0 Å². The zero-order valence-electron chi connectivity index (χ0n) is 22.8. The molecule has 214 valence electrons. The number of hydrogen-bond acceptors (Lipinski definition) is 9. The number of amides is 1. The summed E-state index contributed by atoms with van der Waals surface area (Å²) >= 11 is 0. The second-order valence-electron chi connectivity index (χ2n) is 10.5. The number of pyridine rings is 1. The number of halogens is 1. The number of imidazole rings is 1. The number of aliphatic hydroxyl groups is 1. The molecule has 0 spiro atoms. The number of nitrogens with one attached hydrogen (secondary N) is 2. The lowest BCUT2D eigenvalue weighted by atomic mass is 10.2. The normalized spacial score (nSPS) is 20.8. The van der Waals surface area contributed by atoms with E-state index in [0.717, 1.165) is 22.6 Å². The second-order valence-corrected chi connectivity index (χ2v) is 10.5. The number of aromatic nitrogens is 4. The fourth-order valence-electron chi connectivity index (χ4n) is 5.37. The van der Waals surface area contributed by atoms with Gasteiger partial charge in [-0.3, -0.25) is 4.79 Å². The maximum absolute atomic E-state index is 13.6. The quantitative estimate of drug-likeness (QED) is 0.294. The lowest BCUT2D eigenvalue weighted by Gasteiger charge is -2.30. The summed E-state index contributed by atoms with van der Waals surface area (Å²) in [6.45, 7) is 1.32. The van der Waals surface area contributed by atoms with Crippen LogP contribution in [0.3, 0.4) is 0 Å². The Kier molecular flexibility index (Phi) is 6.46. The van der Waals surface area contributed by atoms with Crippen molar-refractivity contribution in [3.8, 4) is 5.75 Å². The first kappa shape index (κ1) is 26.0. The van der Waals surface area contributed by atoms with E-state index in [1.165, 1.54) is 10.7 Å². The zero-order valence-corrected chi connectivity index (χ0v) is 22.8. The molecule has 11 nitrogen and oxygen atoms in total. The molecule has 3 aromatic heterocycles. The van der Waals surface area contributed by atoms with Gasteiger partial charge in [0.1, 0.15) is 17.7 Å². The Bertz CT molecular complexity index is 1710. The van der Waals surface area contributed by atoms with Crippen molar-refractivity contribution in [2.75, 3.05) is 28.8 Å². The van der Waals surface area contributed by atoms with Crippen LogP contribution in [0, 0.1) is 0 Å². The Hall–Kier alpha value is -4.97. The summed E-state index contributed by atoms with van der Waals surface area (Å²) in [5.74, 6) is 1.43. The number of carbonyl (C=O) groups is 1. The molecule has 3 aliphatic rings. The molecule has 0 bridgehead atoms. The van der Waals surface area contributed by atoms with E-state index >= 15 is 0 Å². The van der Waals surface area contributed by atoms with E-state index in [2.05, 4.69) is 25.5 Å². The molecule has 0 radical (unpaired) electrons. The second kappa shape index (κ2) is 10.5. The minimum atomic E-state index is -1.04. The van der Waals surface area contributed by atoms with Gasteiger partial charge < -0.3 is 30.3 Å². The average molecular weight is 569 g/mol. The topological polar surface area (TPSA) is 120 Å². The summed E-state index contributed by atoms with van der Waals surface area (Å²) in [5, 5.41) is 22.1. The summed E-state index contributed by atoms with van der Waals surface area (Å²) in [6, 6.07) is 12.9. The van der Waals surface area contributed by atoms with E-state index < -0.39 is 24.3 Å². The molecule has 2 aliphatic heterocycles. The summed E-state index contributed by atoms with van der Waals surface area (Å²) in [4.78, 5) is 25.9. The average Bonchev–Trinajstić information content (AvgIpc) is 3.35. The van der Waals surface area contributed by atoms with Gasteiger partial charge in [0.25, 0.3) is 5.91 Å². The molecule has 7 rings (SSSR count). The molecule has 1 aliphatic carbocycles. The Balaban J connectivity index is 1.26. The molecule has 1 amide bonds. The number of ether oxygens (including phenoxy) is 1. The van der Waals surface area contributed by atoms with Gasteiger partial charge in [-0.15, -0.1) is 5.10 Å². The van der Waals surface area contributed by atoms with Crippen LogP contribution in [0.2, 0.25) is 0 Å². The molecular formula is C30H29FN8O3. The fourth-order valence-corrected chi connectivity index (χ4v) is 5.37. The SMILES string of the molecule is COc1ccc(CN2CCc3c(NC4=CC=CN(c5ccccn5)C4O)nn4c(C(=O)N[C@@H]5C[C@@H]5F)cnc4c32)cc1. The standard InChI is InChI=1S/C30H29FN8O3/c1-42-19-9-7-18(8-10-19)17-37-14-11-20-26(37)28-33-16-24(29(40)35-23-15-21(23)31)39(28)36-27(20)34-22-5-4-13-38(30(22)41)25-6-2-3-12-32-25/h2-10,12-13,16,21,23,30,41H,11,14-15,17H2,1H3,(H,34,36)(H,35,40)/t21-,23+,30?/m0/s1. The van der Waals surface area contributed by atoms with Crippen molar-refractivity contribution >= 4 is 28.9 Å². The minimum absolute atomic E-state index is 0.208. The largest absolute Gasteiger partial charge is 0.497 e. The lowest BCUT2D eigenvalue weighted by Crippen LogP contribution is -2.37. The lowest BCUT2D eigenvalue weighted by molar-refractivity contribution is 0.0940. The maximum Gasteiger partial charge on any atom is 0.271 e. The van der Waals surface area contributed by atoms with Gasteiger partial charge >= 0.3 is 0 Å². The number of methoxy groups -OCH3 is 1. The molecule has 4 aromatic rings. The van der Waals surface area contributed by atoms with Crippen molar-refractivity contribution in [1.29, 1.82) is 0 Å². The van der Waals surface area contributed by atoms with E-state index in [0.29, 0.717) is 48.9 Å². The molecule has 5 heterocycles. The van der Waals surface area contributed by atoms with Gasteiger partial charge in [0.15, 0.2) is 23.4 Å². The molecule has 1 unspecified atom stereocenters. The predicted molar refractivity (Wildman–Crippen MR) is 155 cm³/mol. The Morgan fingerprint density at radius 1 is 1.19 bits per heavy atom. The van der Waals surface area contributed by atoms with Crippen molar-refractivity contribution in [3.05, 3.63) is 95.7 Å². The molecule has 1 fully saturated rings. The van der Waals surface area contributed by atoms with Crippen LogP contribution in [0.5, 0.6) is 5.75 Å². The highest BCUT2D eigenvalue weighted by Crippen LogP contribution is 2.38. The van der Waals surface area contributed by atoms with Crippen LogP contribution < -0.4 is 25.2 Å². The first-order valence-electron chi connectivity index (χ1n) is 13.8. The predicted octanol–water partition coefficient (Wildman–Crippen LogP) is 3.18. The van der Waals surface area contributed by atoms with Crippen LogP contribution in [-0.4, -0.2) is 62.7 Å². The molecule has 12 heteroatoms. The number of carbonyl (C=O) groups excluding carboxylic acids is 1. The van der Waals surface area contributed by atoms with E-state index in [-0.39, 0.29) is 5.69 Å². The van der Waals surface area contributed by atoms with Crippen molar-refractivity contribution in [1.82, 2.24) is 24.9 Å². The number of fused-ring (bicyclic) bond motifs is 3. The molecule has 42 heavy (non-hydrogen) atoms. The number of rotatable bonds is 8. The smallest absolute Gasteiger partial charge is 0.271 e. The summed E-state index contributed by atoms with van der Waals surface area (Å²) in [6.07, 6.45) is 7.40. The summed E-state index contributed by atoms with van der Waals surface area (Å²) < 4.78 is 20.4. The maximum atomic E-state index is 13.6. The van der Waals surface area contributed by atoms with Crippen LogP contribution >= 0.6 is 0 Å². The molecule has 3 atom stereocenters. The number of anilines is 3. The highest BCUT2D eigenvalue weighted by atomic mass is 19.1. The van der Waals surface area contributed by atoms with Crippen LogP contribution in [0.4, 0.5) is 21.7 Å². The van der Waals surface area contributed by atoms with Crippen LogP contribution in [0.15, 0.2) is 78.9 Å². The highest BCUT2D eigenvalue weighted by molar-refractivity contribution is 5.95. The van der Waals surface area contributed by atoms with E-state index in [1.54, 1.807) is 30.5 Å². The van der Waals surface area contributed by atoms with Crippen LogP contribution in [-0.2, 0) is 13.0 Å². The Morgan fingerprint density at radius 2 is 2.02 bits per heavy atom. The van der Waals surface area contributed by atoms with Crippen LogP contribution in [0.25, 0.3) is 5.65 Å². The number of benzene rings is 1.